The predicted octanol–water partition coefficient (Wildman–Crippen LogP) is 2.95. The number of nitrogens with one attached hydrogen (secondary N) is 1. The van der Waals surface area contributed by atoms with Crippen LogP contribution in [0.1, 0.15) is 24.2 Å². The normalized spacial score (nSPS) is 11.9. The van der Waals surface area contributed by atoms with Gasteiger partial charge in [-0.2, -0.15) is 0 Å². The highest BCUT2D eigenvalue weighted by Crippen LogP contribution is 2.19. The zero-order chi connectivity index (χ0) is 14.4. The van der Waals surface area contributed by atoms with E-state index in [1.807, 2.05) is 36.4 Å². The maximum atomic E-state index is 5.24. The van der Waals surface area contributed by atoms with Gasteiger partial charge in [0.2, 0.25) is 5.88 Å². The SMILES string of the molecule is COc1cccc(C(C)NCc2cccc(OC)n2)c1. The summed E-state index contributed by atoms with van der Waals surface area (Å²) >= 11 is 0. The lowest BCUT2D eigenvalue weighted by Crippen LogP contribution is -2.18. The van der Waals surface area contributed by atoms with E-state index < -0.39 is 0 Å². The lowest BCUT2D eigenvalue weighted by Gasteiger charge is -2.15. The summed E-state index contributed by atoms with van der Waals surface area (Å²) in [6, 6.07) is 14.0. The van der Waals surface area contributed by atoms with Crippen LogP contribution in [0.3, 0.4) is 0 Å². The fourth-order valence-electron chi connectivity index (χ4n) is 1.96. The van der Waals surface area contributed by atoms with Crippen molar-refractivity contribution in [2.24, 2.45) is 0 Å². The van der Waals surface area contributed by atoms with Gasteiger partial charge in [0.25, 0.3) is 0 Å². The second-order valence-corrected chi connectivity index (χ2v) is 4.55. The summed E-state index contributed by atoms with van der Waals surface area (Å²) in [7, 11) is 3.30. The second-order valence-electron chi connectivity index (χ2n) is 4.55. The van der Waals surface area contributed by atoms with E-state index in [-0.39, 0.29) is 6.04 Å². The molecular weight excluding hydrogens is 252 g/mol. The summed E-state index contributed by atoms with van der Waals surface area (Å²) in [5.41, 5.74) is 2.14. The minimum atomic E-state index is 0.220. The Balaban J connectivity index is 1.98. The van der Waals surface area contributed by atoms with E-state index in [9.17, 15) is 0 Å². The first kappa shape index (κ1) is 14.3. The largest absolute Gasteiger partial charge is 0.497 e. The maximum Gasteiger partial charge on any atom is 0.213 e. The Hall–Kier alpha value is -2.07. The molecule has 4 heteroatoms. The van der Waals surface area contributed by atoms with Crippen molar-refractivity contribution in [1.82, 2.24) is 10.3 Å². The summed E-state index contributed by atoms with van der Waals surface area (Å²) < 4.78 is 10.4. The Kier molecular flexibility index (Phi) is 4.96. The number of nitrogens with zero attached hydrogens (tertiary/aromatic N) is 1. The highest BCUT2D eigenvalue weighted by molar-refractivity contribution is 5.30. The Labute approximate surface area is 119 Å². The zero-order valence-corrected chi connectivity index (χ0v) is 12.1. The van der Waals surface area contributed by atoms with E-state index in [1.54, 1.807) is 14.2 Å². The number of methoxy groups -OCH3 is 2. The molecule has 0 aliphatic heterocycles. The Morgan fingerprint density at radius 3 is 2.65 bits per heavy atom. The van der Waals surface area contributed by atoms with Gasteiger partial charge in [0.05, 0.1) is 19.9 Å². The van der Waals surface area contributed by atoms with Crippen LogP contribution in [0.4, 0.5) is 0 Å². The molecule has 0 spiro atoms. The monoisotopic (exact) mass is 272 g/mol. The fraction of sp³-hybridized carbons (Fsp3) is 0.312. The molecule has 20 heavy (non-hydrogen) atoms. The molecule has 1 heterocycles. The van der Waals surface area contributed by atoms with Crippen LogP contribution in [0.25, 0.3) is 0 Å². The molecule has 1 aromatic heterocycles. The number of pyridine rings is 1. The zero-order valence-electron chi connectivity index (χ0n) is 12.1. The summed E-state index contributed by atoms with van der Waals surface area (Å²) in [4.78, 5) is 4.38. The van der Waals surface area contributed by atoms with Gasteiger partial charge in [-0.1, -0.05) is 18.2 Å². The topological polar surface area (TPSA) is 43.4 Å². The van der Waals surface area contributed by atoms with Gasteiger partial charge >= 0.3 is 0 Å². The third kappa shape index (κ3) is 3.71. The molecule has 0 amide bonds. The lowest BCUT2D eigenvalue weighted by atomic mass is 10.1. The molecule has 2 aromatic rings. The molecule has 2 rings (SSSR count). The first-order chi connectivity index (χ1) is 9.72. The Morgan fingerprint density at radius 1 is 1.10 bits per heavy atom. The molecule has 0 saturated heterocycles. The third-order valence-corrected chi connectivity index (χ3v) is 3.17. The minimum absolute atomic E-state index is 0.220. The van der Waals surface area contributed by atoms with Gasteiger partial charge < -0.3 is 14.8 Å². The van der Waals surface area contributed by atoms with Crippen molar-refractivity contribution < 1.29 is 9.47 Å². The van der Waals surface area contributed by atoms with Crippen LogP contribution in [0.5, 0.6) is 11.6 Å². The van der Waals surface area contributed by atoms with E-state index >= 15 is 0 Å². The maximum absolute atomic E-state index is 5.24. The molecule has 106 valence electrons. The van der Waals surface area contributed by atoms with Crippen LogP contribution in [-0.4, -0.2) is 19.2 Å². The van der Waals surface area contributed by atoms with Crippen LogP contribution in [0.2, 0.25) is 0 Å². The standard InChI is InChI=1S/C16H20N2O2/c1-12(13-6-4-8-15(10-13)19-2)17-11-14-7-5-9-16(18-14)20-3/h4-10,12,17H,11H2,1-3H3. The average molecular weight is 272 g/mol. The Morgan fingerprint density at radius 2 is 1.90 bits per heavy atom. The van der Waals surface area contributed by atoms with Crippen molar-refractivity contribution in [2.45, 2.75) is 19.5 Å². The number of benzene rings is 1. The molecule has 0 aliphatic carbocycles. The number of aromatic nitrogens is 1. The molecule has 1 unspecified atom stereocenters. The smallest absolute Gasteiger partial charge is 0.213 e. The quantitative estimate of drug-likeness (QED) is 0.878. The predicted molar refractivity (Wildman–Crippen MR) is 79.0 cm³/mol. The van der Waals surface area contributed by atoms with Gasteiger partial charge in [-0.15, -0.1) is 0 Å². The van der Waals surface area contributed by atoms with Crippen molar-refractivity contribution in [3.63, 3.8) is 0 Å². The van der Waals surface area contributed by atoms with Crippen molar-refractivity contribution >= 4 is 0 Å². The van der Waals surface area contributed by atoms with Crippen LogP contribution < -0.4 is 14.8 Å². The van der Waals surface area contributed by atoms with Crippen molar-refractivity contribution in [3.05, 3.63) is 53.7 Å². The average Bonchev–Trinajstić information content (AvgIpc) is 2.52. The van der Waals surface area contributed by atoms with Gasteiger partial charge in [0.15, 0.2) is 0 Å². The van der Waals surface area contributed by atoms with E-state index in [4.69, 9.17) is 9.47 Å². The van der Waals surface area contributed by atoms with E-state index in [2.05, 4.69) is 23.3 Å². The molecule has 4 nitrogen and oxygen atoms in total. The molecule has 1 atom stereocenters. The number of ether oxygens (including phenoxy) is 2. The van der Waals surface area contributed by atoms with Crippen molar-refractivity contribution in [2.75, 3.05) is 14.2 Å². The van der Waals surface area contributed by atoms with Crippen LogP contribution in [0, 0.1) is 0 Å². The number of hydrogen-bond acceptors (Lipinski definition) is 4. The van der Waals surface area contributed by atoms with E-state index in [1.165, 1.54) is 5.56 Å². The van der Waals surface area contributed by atoms with Crippen LogP contribution in [0.15, 0.2) is 42.5 Å². The highest BCUT2D eigenvalue weighted by Gasteiger charge is 2.06. The van der Waals surface area contributed by atoms with Crippen LogP contribution >= 0.6 is 0 Å². The number of hydrogen-bond donors (Lipinski definition) is 1. The third-order valence-electron chi connectivity index (χ3n) is 3.17. The minimum Gasteiger partial charge on any atom is -0.497 e. The lowest BCUT2D eigenvalue weighted by molar-refractivity contribution is 0.395. The fourth-order valence-corrected chi connectivity index (χ4v) is 1.96. The van der Waals surface area contributed by atoms with Gasteiger partial charge in [-0.05, 0) is 30.7 Å². The van der Waals surface area contributed by atoms with Crippen molar-refractivity contribution in [3.8, 4) is 11.6 Å². The van der Waals surface area contributed by atoms with Gasteiger partial charge in [-0.3, -0.25) is 0 Å². The molecule has 0 saturated carbocycles. The Bertz CT molecular complexity index is 558. The molecule has 1 aromatic carbocycles. The summed E-state index contributed by atoms with van der Waals surface area (Å²) in [5, 5.41) is 3.44. The summed E-state index contributed by atoms with van der Waals surface area (Å²) in [5.74, 6) is 1.51. The number of rotatable bonds is 6. The van der Waals surface area contributed by atoms with E-state index in [0.29, 0.717) is 12.4 Å². The highest BCUT2D eigenvalue weighted by atomic mass is 16.5. The second kappa shape index (κ2) is 6.91. The molecule has 0 fully saturated rings. The van der Waals surface area contributed by atoms with Gasteiger partial charge in [-0.25, -0.2) is 4.98 Å². The van der Waals surface area contributed by atoms with Crippen molar-refractivity contribution in [1.29, 1.82) is 0 Å². The first-order valence-corrected chi connectivity index (χ1v) is 6.60. The molecule has 1 N–H and O–H groups in total. The summed E-state index contributed by atoms with van der Waals surface area (Å²) in [6.07, 6.45) is 0. The van der Waals surface area contributed by atoms with Gasteiger partial charge in [0.1, 0.15) is 5.75 Å². The summed E-state index contributed by atoms with van der Waals surface area (Å²) in [6.45, 7) is 2.81. The van der Waals surface area contributed by atoms with E-state index in [0.717, 1.165) is 11.4 Å². The van der Waals surface area contributed by atoms with Gasteiger partial charge in [0, 0.05) is 18.7 Å². The molecule has 0 radical (unpaired) electrons. The molecule has 0 bridgehead atoms. The van der Waals surface area contributed by atoms with Crippen LogP contribution in [-0.2, 0) is 6.54 Å². The molecule has 0 aliphatic rings. The first-order valence-electron chi connectivity index (χ1n) is 6.60. The molecular formula is C16H20N2O2.